The quantitative estimate of drug-likeness (QED) is 0.149. The lowest BCUT2D eigenvalue weighted by atomic mass is 9.33. The fourth-order valence-corrected chi connectivity index (χ4v) is 10.2. The van der Waals surface area contributed by atoms with Crippen molar-refractivity contribution in [3.8, 4) is 22.5 Å². The third kappa shape index (κ3) is 4.17. The Morgan fingerprint density at radius 1 is 0.446 bits per heavy atom. The van der Waals surface area contributed by atoms with Crippen molar-refractivity contribution in [3.05, 3.63) is 150 Å². The van der Waals surface area contributed by atoms with Crippen molar-refractivity contribution >= 4 is 88.3 Å². The first kappa shape index (κ1) is 32.1. The van der Waals surface area contributed by atoms with Crippen LogP contribution in [0.2, 0.25) is 0 Å². The van der Waals surface area contributed by atoms with E-state index in [0.717, 1.165) is 16.8 Å². The molecule has 8 aromatic carbocycles. The minimum absolute atomic E-state index is 0.00232. The van der Waals surface area contributed by atoms with Crippen molar-refractivity contribution in [2.24, 2.45) is 0 Å². The van der Waals surface area contributed by atoms with E-state index < -0.39 is 0 Å². The van der Waals surface area contributed by atoms with Crippen molar-refractivity contribution in [1.82, 2.24) is 9.13 Å². The van der Waals surface area contributed by atoms with E-state index in [2.05, 4.69) is 160 Å². The van der Waals surface area contributed by atoms with Gasteiger partial charge in [-0.15, -0.1) is 0 Å². The number of hydrogen-bond acceptors (Lipinski definition) is 0. The third-order valence-electron chi connectivity index (χ3n) is 13.0. The van der Waals surface area contributed by atoms with Crippen molar-refractivity contribution in [2.75, 3.05) is 0 Å². The Morgan fingerprint density at radius 2 is 1.07 bits per heavy atom. The molecule has 12 rings (SSSR count). The van der Waals surface area contributed by atoms with Crippen molar-refractivity contribution in [3.63, 3.8) is 0 Å². The Balaban J connectivity index is 1.35. The highest BCUT2D eigenvalue weighted by atomic mass is 19.1. The highest BCUT2D eigenvalue weighted by Crippen LogP contribution is 2.44. The fraction of sp³-hybridized carbons (Fsp3) is 0.154. The molecule has 0 saturated heterocycles. The summed E-state index contributed by atoms with van der Waals surface area (Å²) in [4.78, 5) is 0. The van der Waals surface area contributed by atoms with Crippen LogP contribution in [0.3, 0.4) is 0 Å². The summed E-state index contributed by atoms with van der Waals surface area (Å²) < 4.78 is 20.2. The molecule has 10 aromatic rings. The zero-order valence-corrected chi connectivity index (χ0v) is 32.6. The van der Waals surface area contributed by atoms with E-state index in [1.54, 1.807) is 6.07 Å². The highest BCUT2D eigenvalue weighted by Gasteiger charge is 2.43. The van der Waals surface area contributed by atoms with Crippen LogP contribution in [0.5, 0.6) is 0 Å². The summed E-state index contributed by atoms with van der Waals surface area (Å²) in [5, 5.41) is 10.1. The van der Waals surface area contributed by atoms with Gasteiger partial charge in [-0.2, -0.15) is 0 Å². The highest BCUT2D eigenvalue weighted by molar-refractivity contribution is 7.01. The Hall–Kier alpha value is -6.13. The molecular weight excluding hydrogens is 682 g/mol. The summed E-state index contributed by atoms with van der Waals surface area (Å²) in [5.41, 5.74) is 15.8. The lowest BCUT2D eigenvalue weighted by Gasteiger charge is -2.35. The molecule has 56 heavy (non-hydrogen) atoms. The smallest absolute Gasteiger partial charge is 0.253 e. The zero-order valence-electron chi connectivity index (χ0n) is 32.6. The maximum absolute atomic E-state index is 15.1. The predicted octanol–water partition coefficient (Wildman–Crippen LogP) is 11.7. The lowest BCUT2D eigenvalue weighted by molar-refractivity contribution is 0.590. The summed E-state index contributed by atoms with van der Waals surface area (Å²) >= 11 is 0. The van der Waals surface area contributed by atoms with Crippen LogP contribution in [0.1, 0.15) is 52.7 Å². The van der Waals surface area contributed by atoms with Gasteiger partial charge in [0.25, 0.3) is 6.71 Å². The molecule has 0 saturated carbocycles. The van der Waals surface area contributed by atoms with Crippen LogP contribution in [-0.4, -0.2) is 15.8 Å². The standard InChI is InChI=1S/C52H40BFN2/c1-51(2,3)34-18-19-43-39(26-34)41-27-35(52(4,5)6)28-42-49(41)55(43)45-24-33(29-15-11-16-36(54)20-29)25-46-48(45)53(42)47-37-17-10-9-14-32(37)22-40-38-21-30-12-7-8-13-31(30)23-44(38)56(46)50(40)47/h7-28H,1-6H3. The number of halogens is 1. The molecule has 2 aromatic heterocycles. The van der Waals surface area contributed by atoms with E-state index in [0.29, 0.717) is 0 Å². The molecule has 2 nitrogen and oxygen atoms in total. The number of fused-ring (bicyclic) bond motifs is 13. The molecular formula is C52H40BFN2. The second-order valence-corrected chi connectivity index (χ2v) is 18.4. The fourth-order valence-electron chi connectivity index (χ4n) is 10.2. The molecule has 0 spiro atoms. The van der Waals surface area contributed by atoms with Gasteiger partial charge in [0.15, 0.2) is 0 Å². The summed E-state index contributed by atoms with van der Waals surface area (Å²) in [7, 11) is 0. The molecule has 4 heteroatoms. The normalized spacial score (nSPS) is 13.6. The molecule has 0 atom stereocenters. The molecule has 4 heterocycles. The summed E-state index contributed by atoms with van der Waals surface area (Å²) in [6, 6.07) is 48.8. The molecule has 0 radical (unpaired) electrons. The number of aromatic nitrogens is 2. The molecule has 0 unspecified atom stereocenters. The number of hydrogen-bond donors (Lipinski definition) is 0. The average Bonchev–Trinajstić information content (AvgIpc) is 3.68. The minimum Gasteiger partial charge on any atom is -0.310 e. The molecule has 2 aliphatic rings. The van der Waals surface area contributed by atoms with Crippen molar-refractivity contribution in [2.45, 2.75) is 52.4 Å². The molecule has 0 fully saturated rings. The maximum atomic E-state index is 15.1. The van der Waals surface area contributed by atoms with Gasteiger partial charge in [-0.25, -0.2) is 4.39 Å². The number of rotatable bonds is 1. The zero-order chi connectivity index (χ0) is 38.0. The maximum Gasteiger partial charge on any atom is 0.253 e. The van der Waals surface area contributed by atoms with Crippen molar-refractivity contribution < 1.29 is 4.39 Å². The van der Waals surface area contributed by atoms with E-state index in [1.807, 2.05) is 12.1 Å². The Labute approximate surface area is 325 Å². The molecule has 2 aliphatic heterocycles. The van der Waals surface area contributed by atoms with Crippen LogP contribution in [0.25, 0.3) is 87.7 Å². The number of benzene rings is 8. The second-order valence-electron chi connectivity index (χ2n) is 18.4. The van der Waals surface area contributed by atoms with Crippen LogP contribution in [0.4, 0.5) is 4.39 Å². The first-order chi connectivity index (χ1) is 26.9. The van der Waals surface area contributed by atoms with Gasteiger partial charge in [0.1, 0.15) is 5.82 Å². The van der Waals surface area contributed by atoms with Gasteiger partial charge in [-0.3, -0.25) is 0 Å². The largest absolute Gasteiger partial charge is 0.310 e. The summed E-state index contributed by atoms with van der Waals surface area (Å²) in [6.45, 7) is 13.9. The molecule has 268 valence electrons. The van der Waals surface area contributed by atoms with E-state index >= 15 is 4.39 Å². The van der Waals surface area contributed by atoms with Gasteiger partial charge in [0, 0.05) is 44.0 Å². The third-order valence-corrected chi connectivity index (χ3v) is 13.0. The van der Waals surface area contributed by atoms with Crippen LogP contribution in [0, 0.1) is 5.82 Å². The molecule has 0 aliphatic carbocycles. The monoisotopic (exact) mass is 722 g/mol. The van der Waals surface area contributed by atoms with Gasteiger partial charge in [-0.1, -0.05) is 114 Å². The van der Waals surface area contributed by atoms with Crippen LogP contribution >= 0.6 is 0 Å². The van der Waals surface area contributed by atoms with E-state index in [1.165, 1.54) is 104 Å². The molecule has 0 amide bonds. The Bertz CT molecular complexity index is 3400. The van der Waals surface area contributed by atoms with E-state index in [9.17, 15) is 0 Å². The first-order valence-corrected chi connectivity index (χ1v) is 19.9. The summed E-state index contributed by atoms with van der Waals surface area (Å²) in [6.07, 6.45) is 0. The molecule has 0 bridgehead atoms. The SMILES string of the molecule is CC(C)(C)c1ccc2c(c1)c1cc(C(C)(C)C)cc3c1n2-c1cc(-c2cccc(F)c2)cc2c1B3c1c3ccccc3cc3c4cc5ccccc5cc4n-2c13. The van der Waals surface area contributed by atoms with Gasteiger partial charge in [0.2, 0.25) is 0 Å². The Kier molecular flexibility index (Phi) is 6.08. The van der Waals surface area contributed by atoms with Crippen molar-refractivity contribution in [1.29, 1.82) is 0 Å². The van der Waals surface area contributed by atoms with E-state index in [4.69, 9.17) is 0 Å². The van der Waals surface area contributed by atoms with Crippen LogP contribution in [0.15, 0.2) is 133 Å². The van der Waals surface area contributed by atoms with E-state index in [-0.39, 0.29) is 23.4 Å². The average molecular weight is 723 g/mol. The lowest BCUT2D eigenvalue weighted by Crippen LogP contribution is -2.59. The topological polar surface area (TPSA) is 9.86 Å². The van der Waals surface area contributed by atoms with Crippen LogP contribution < -0.4 is 16.4 Å². The predicted molar refractivity (Wildman–Crippen MR) is 238 cm³/mol. The Morgan fingerprint density at radius 3 is 1.80 bits per heavy atom. The molecule has 0 N–H and O–H groups in total. The number of nitrogens with zero attached hydrogens (tertiary/aromatic N) is 2. The first-order valence-electron chi connectivity index (χ1n) is 19.9. The van der Waals surface area contributed by atoms with Gasteiger partial charge in [0.05, 0.1) is 11.0 Å². The van der Waals surface area contributed by atoms with Gasteiger partial charge in [-0.05, 0) is 132 Å². The second kappa shape index (κ2) is 10.6. The van der Waals surface area contributed by atoms with Crippen LogP contribution in [-0.2, 0) is 10.8 Å². The van der Waals surface area contributed by atoms with Gasteiger partial charge < -0.3 is 9.13 Å². The van der Waals surface area contributed by atoms with Gasteiger partial charge >= 0.3 is 0 Å². The minimum atomic E-state index is -0.229. The summed E-state index contributed by atoms with van der Waals surface area (Å²) in [5.74, 6) is -0.229.